The van der Waals surface area contributed by atoms with E-state index in [1.165, 1.54) is 10.3 Å². The van der Waals surface area contributed by atoms with E-state index >= 15 is 0 Å². The summed E-state index contributed by atoms with van der Waals surface area (Å²) in [7, 11) is -3.29. The van der Waals surface area contributed by atoms with Gasteiger partial charge in [-0.05, 0) is 61.5 Å². The number of hydrogen-bond acceptors (Lipinski definition) is 4. The van der Waals surface area contributed by atoms with E-state index in [-0.39, 0.29) is 11.7 Å². The standard InChI is InChI=1S/C19H18BrNO4S/c1-2-25-18-9-3-14(4-10-18)19(22)21(16-7-5-15(20)6-8-16)17-11-12-26(23,24)13-17/h3-12,17H,2,13H2,1H3. The van der Waals surface area contributed by atoms with E-state index < -0.39 is 15.9 Å². The van der Waals surface area contributed by atoms with E-state index in [0.717, 1.165) is 4.47 Å². The lowest BCUT2D eigenvalue weighted by Gasteiger charge is -2.28. The number of rotatable bonds is 5. The molecule has 0 saturated heterocycles. The van der Waals surface area contributed by atoms with Gasteiger partial charge in [-0.2, -0.15) is 0 Å². The Balaban J connectivity index is 1.95. The molecule has 3 rings (SSSR count). The molecule has 1 heterocycles. The summed E-state index contributed by atoms with van der Waals surface area (Å²) in [6.45, 7) is 2.43. The van der Waals surface area contributed by atoms with E-state index in [4.69, 9.17) is 4.74 Å². The van der Waals surface area contributed by atoms with Crippen LogP contribution in [0.5, 0.6) is 5.75 Å². The van der Waals surface area contributed by atoms with Crippen molar-refractivity contribution in [3.05, 3.63) is 70.1 Å². The first-order valence-electron chi connectivity index (χ1n) is 8.12. The van der Waals surface area contributed by atoms with Crippen molar-refractivity contribution in [1.29, 1.82) is 0 Å². The minimum atomic E-state index is -3.29. The maximum atomic E-state index is 13.1. The Morgan fingerprint density at radius 3 is 2.35 bits per heavy atom. The van der Waals surface area contributed by atoms with E-state index in [1.807, 2.05) is 19.1 Å². The summed E-state index contributed by atoms with van der Waals surface area (Å²) < 4.78 is 30.0. The molecule has 0 fully saturated rings. The highest BCUT2D eigenvalue weighted by atomic mass is 79.9. The lowest BCUT2D eigenvalue weighted by atomic mass is 10.1. The predicted molar refractivity (Wildman–Crippen MR) is 105 cm³/mol. The van der Waals surface area contributed by atoms with Gasteiger partial charge in [0.25, 0.3) is 5.91 Å². The highest BCUT2D eigenvalue weighted by Gasteiger charge is 2.32. The van der Waals surface area contributed by atoms with Crippen LogP contribution >= 0.6 is 15.9 Å². The Kier molecular flexibility index (Phi) is 5.48. The summed E-state index contributed by atoms with van der Waals surface area (Å²) in [6, 6.07) is 13.5. The SMILES string of the molecule is CCOc1ccc(C(=O)N(c2ccc(Br)cc2)C2C=CS(=O)(=O)C2)cc1. The molecule has 0 aliphatic carbocycles. The van der Waals surface area contributed by atoms with Gasteiger partial charge >= 0.3 is 0 Å². The molecule has 5 nitrogen and oxygen atoms in total. The van der Waals surface area contributed by atoms with Crippen LogP contribution in [0.2, 0.25) is 0 Å². The lowest BCUT2D eigenvalue weighted by molar-refractivity contribution is 0.0983. The molecule has 0 radical (unpaired) electrons. The summed E-state index contributed by atoms with van der Waals surface area (Å²) in [5.41, 5.74) is 1.10. The lowest BCUT2D eigenvalue weighted by Crippen LogP contribution is -2.41. The first-order chi connectivity index (χ1) is 12.4. The number of carbonyl (C=O) groups is 1. The van der Waals surface area contributed by atoms with Crippen LogP contribution in [0.3, 0.4) is 0 Å². The Bertz CT molecular complexity index is 921. The first-order valence-corrected chi connectivity index (χ1v) is 10.6. The number of halogens is 1. The normalized spacial score (nSPS) is 17.8. The van der Waals surface area contributed by atoms with Crippen LogP contribution in [0.15, 0.2) is 64.5 Å². The van der Waals surface area contributed by atoms with Crippen molar-refractivity contribution in [3.63, 3.8) is 0 Å². The van der Waals surface area contributed by atoms with Gasteiger partial charge in [0.05, 0.1) is 18.4 Å². The molecule has 0 saturated carbocycles. The maximum absolute atomic E-state index is 13.1. The van der Waals surface area contributed by atoms with Crippen molar-refractivity contribution in [2.24, 2.45) is 0 Å². The smallest absolute Gasteiger partial charge is 0.258 e. The molecule has 0 aromatic heterocycles. The molecule has 1 atom stereocenters. The molecule has 0 N–H and O–H groups in total. The van der Waals surface area contributed by atoms with Crippen LogP contribution in [0.4, 0.5) is 5.69 Å². The zero-order valence-corrected chi connectivity index (χ0v) is 16.5. The molecule has 0 spiro atoms. The molecule has 2 aromatic carbocycles. The minimum Gasteiger partial charge on any atom is -0.494 e. The summed E-state index contributed by atoms with van der Waals surface area (Å²) in [5, 5.41) is 1.18. The van der Waals surface area contributed by atoms with Gasteiger partial charge in [0.15, 0.2) is 9.84 Å². The van der Waals surface area contributed by atoms with Gasteiger partial charge in [-0.25, -0.2) is 8.42 Å². The topological polar surface area (TPSA) is 63.7 Å². The van der Waals surface area contributed by atoms with Crippen LogP contribution in [-0.2, 0) is 9.84 Å². The second-order valence-corrected chi connectivity index (χ2v) is 8.68. The van der Waals surface area contributed by atoms with Gasteiger partial charge in [0.1, 0.15) is 5.75 Å². The molecule has 1 aliphatic rings. The Morgan fingerprint density at radius 1 is 1.15 bits per heavy atom. The van der Waals surface area contributed by atoms with Crippen LogP contribution in [0.1, 0.15) is 17.3 Å². The van der Waals surface area contributed by atoms with Crippen LogP contribution < -0.4 is 9.64 Å². The molecule has 2 aromatic rings. The van der Waals surface area contributed by atoms with Crippen molar-refractivity contribution in [2.45, 2.75) is 13.0 Å². The molecule has 1 aliphatic heterocycles. The first kappa shape index (κ1) is 18.7. The monoisotopic (exact) mass is 435 g/mol. The summed E-state index contributed by atoms with van der Waals surface area (Å²) in [4.78, 5) is 14.7. The molecule has 1 amide bonds. The molecule has 7 heteroatoms. The molecular weight excluding hydrogens is 418 g/mol. The van der Waals surface area contributed by atoms with Crippen LogP contribution in [-0.4, -0.2) is 32.7 Å². The van der Waals surface area contributed by atoms with Crippen LogP contribution in [0, 0.1) is 0 Å². The van der Waals surface area contributed by atoms with Crippen LogP contribution in [0.25, 0.3) is 0 Å². The highest BCUT2D eigenvalue weighted by molar-refractivity contribution is 9.10. The van der Waals surface area contributed by atoms with Gasteiger partial charge in [0.2, 0.25) is 0 Å². The summed E-state index contributed by atoms with van der Waals surface area (Å²) in [6.07, 6.45) is 1.56. The van der Waals surface area contributed by atoms with Crippen molar-refractivity contribution in [3.8, 4) is 5.75 Å². The number of nitrogens with zero attached hydrogens (tertiary/aromatic N) is 1. The fourth-order valence-corrected chi connectivity index (χ4v) is 4.31. The van der Waals surface area contributed by atoms with Crippen molar-refractivity contribution >= 4 is 37.4 Å². The second kappa shape index (κ2) is 7.63. The predicted octanol–water partition coefficient (Wildman–Crippen LogP) is 3.81. The third-order valence-corrected chi connectivity index (χ3v) is 5.89. The number of anilines is 1. The van der Waals surface area contributed by atoms with Crippen molar-refractivity contribution in [1.82, 2.24) is 0 Å². The third-order valence-electron chi connectivity index (χ3n) is 3.98. The molecule has 1 unspecified atom stereocenters. The Hall–Kier alpha value is -2.12. The van der Waals surface area contributed by atoms with E-state index in [1.54, 1.807) is 42.5 Å². The molecular formula is C19H18BrNO4S. The quantitative estimate of drug-likeness (QED) is 0.715. The van der Waals surface area contributed by atoms with Gasteiger partial charge < -0.3 is 9.64 Å². The number of carbonyl (C=O) groups excluding carboxylic acids is 1. The maximum Gasteiger partial charge on any atom is 0.258 e. The molecule has 0 bridgehead atoms. The summed E-state index contributed by atoms with van der Waals surface area (Å²) >= 11 is 3.37. The van der Waals surface area contributed by atoms with Crippen molar-refractivity contribution < 1.29 is 17.9 Å². The highest BCUT2D eigenvalue weighted by Crippen LogP contribution is 2.27. The van der Waals surface area contributed by atoms with E-state index in [0.29, 0.717) is 23.6 Å². The fraction of sp³-hybridized carbons (Fsp3) is 0.211. The Labute approximate surface area is 161 Å². The van der Waals surface area contributed by atoms with Gasteiger partial charge in [-0.15, -0.1) is 0 Å². The van der Waals surface area contributed by atoms with Gasteiger partial charge in [-0.1, -0.05) is 15.9 Å². The van der Waals surface area contributed by atoms with E-state index in [2.05, 4.69) is 15.9 Å². The largest absolute Gasteiger partial charge is 0.494 e. The Morgan fingerprint density at radius 2 is 1.81 bits per heavy atom. The third kappa shape index (κ3) is 4.16. The molecule has 136 valence electrons. The fourth-order valence-electron chi connectivity index (χ4n) is 2.78. The second-order valence-electron chi connectivity index (χ2n) is 5.83. The van der Waals surface area contributed by atoms with E-state index in [9.17, 15) is 13.2 Å². The number of amides is 1. The van der Waals surface area contributed by atoms with Crippen molar-refractivity contribution in [2.75, 3.05) is 17.3 Å². The zero-order chi connectivity index (χ0) is 18.7. The molecule has 26 heavy (non-hydrogen) atoms. The number of hydrogen-bond donors (Lipinski definition) is 0. The average molecular weight is 436 g/mol. The summed E-state index contributed by atoms with van der Waals surface area (Å²) in [5.74, 6) is 0.302. The van der Waals surface area contributed by atoms with Gasteiger partial charge in [0, 0.05) is 21.1 Å². The average Bonchev–Trinajstić information content (AvgIpc) is 2.97. The number of ether oxygens (including phenoxy) is 1. The zero-order valence-electron chi connectivity index (χ0n) is 14.1. The minimum absolute atomic E-state index is 0.119. The number of sulfone groups is 1. The van der Waals surface area contributed by atoms with Gasteiger partial charge in [-0.3, -0.25) is 4.79 Å². The number of benzene rings is 2.